The Balaban J connectivity index is 1.65. The normalized spacial score (nSPS) is 12.4. The molecule has 0 aliphatic carbocycles. The minimum absolute atomic E-state index is 0.107. The summed E-state index contributed by atoms with van der Waals surface area (Å²) < 4.78 is 7.34. The topological polar surface area (TPSA) is 91.2 Å². The van der Waals surface area contributed by atoms with Crippen LogP contribution in [0.25, 0.3) is 11.5 Å². The second kappa shape index (κ2) is 7.47. The maximum absolute atomic E-state index is 5.64. The lowest BCUT2D eigenvalue weighted by atomic mass is 9.90. The van der Waals surface area contributed by atoms with Gasteiger partial charge in [-0.3, -0.25) is 0 Å². The van der Waals surface area contributed by atoms with Crippen LogP contribution in [0.15, 0.2) is 46.5 Å². The Morgan fingerprint density at radius 2 is 1.96 bits per heavy atom. The molecular weight excluding hydrogens is 332 g/mol. The Morgan fingerprint density at radius 3 is 2.62 bits per heavy atom. The minimum atomic E-state index is -0.173. The fraction of sp³-hybridized carbons (Fsp3) is 0.389. The van der Waals surface area contributed by atoms with Gasteiger partial charge in [-0.25, -0.2) is 9.67 Å². The van der Waals surface area contributed by atoms with E-state index in [1.54, 1.807) is 11.0 Å². The number of aryl methyl sites for hydroxylation is 1. The van der Waals surface area contributed by atoms with Gasteiger partial charge >= 0.3 is 0 Å². The fourth-order valence-corrected chi connectivity index (χ4v) is 2.16. The average molecular weight is 354 g/mol. The summed E-state index contributed by atoms with van der Waals surface area (Å²) in [5.74, 6) is 0.838. The zero-order chi connectivity index (χ0) is 18.6. The molecule has 0 radical (unpaired) electrons. The Morgan fingerprint density at radius 1 is 1.19 bits per heavy atom. The molecule has 1 aromatic carbocycles. The Kier molecular flexibility index (Phi) is 5.11. The van der Waals surface area contributed by atoms with Crippen LogP contribution in [0.1, 0.15) is 32.2 Å². The molecule has 0 N–H and O–H groups in total. The predicted octanol–water partition coefficient (Wildman–Crippen LogP) is 3.26. The van der Waals surface area contributed by atoms with Crippen molar-refractivity contribution in [2.75, 3.05) is 0 Å². The first-order valence-electron chi connectivity index (χ1n) is 8.33. The van der Waals surface area contributed by atoms with Gasteiger partial charge in [-0.1, -0.05) is 43.6 Å². The van der Waals surface area contributed by atoms with Crippen LogP contribution in [-0.2, 0) is 18.0 Å². The van der Waals surface area contributed by atoms with Gasteiger partial charge in [0.15, 0.2) is 6.61 Å². The summed E-state index contributed by atoms with van der Waals surface area (Å²) in [7, 11) is 0. The molecule has 0 amide bonds. The van der Waals surface area contributed by atoms with Gasteiger partial charge in [0.2, 0.25) is 5.89 Å². The van der Waals surface area contributed by atoms with Crippen LogP contribution in [0, 0.1) is 12.3 Å². The van der Waals surface area contributed by atoms with E-state index in [9.17, 15) is 0 Å². The molecule has 0 aliphatic heterocycles. The number of aromatic nitrogens is 5. The van der Waals surface area contributed by atoms with E-state index < -0.39 is 0 Å². The molecule has 26 heavy (non-hydrogen) atoms. The summed E-state index contributed by atoms with van der Waals surface area (Å²) in [6.45, 7) is 8.83. The number of nitrogens with zero attached hydrogens (tertiary/aromatic N) is 6. The first-order valence-corrected chi connectivity index (χ1v) is 8.33. The molecule has 8 nitrogen and oxygen atoms in total. The van der Waals surface area contributed by atoms with Crippen molar-refractivity contribution in [1.29, 1.82) is 0 Å². The van der Waals surface area contributed by atoms with E-state index in [2.05, 4.69) is 46.2 Å². The highest BCUT2D eigenvalue weighted by Gasteiger charge is 2.21. The fourth-order valence-electron chi connectivity index (χ4n) is 2.16. The van der Waals surface area contributed by atoms with Crippen LogP contribution in [0.3, 0.4) is 0 Å². The highest BCUT2D eigenvalue weighted by atomic mass is 16.6. The number of hydrogen-bond acceptors (Lipinski definition) is 7. The molecule has 136 valence electrons. The summed E-state index contributed by atoms with van der Waals surface area (Å²) >= 11 is 0. The van der Waals surface area contributed by atoms with Crippen molar-refractivity contribution in [3.8, 4) is 11.5 Å². The largest absolute Gasteiger partial charge is 0.417 e. The van der Waals surface area contributed by atoms with Crippen LogP contribution in [0.4, 0.5) is 0 Å². The van der Waals surface area contributed by atoms with Gasteiger partial charge in [-0.2, -0.15) is 5.10 Å². The van der Waals surface area contributed by atoms with Gasteiger partial charge in [-0.15, -0.1) is 10.2 Å². The molecule has 0 bridgehead atoms. The van der Waals surface area contributed by atoms with Crippen molar-refractivity contribution < 1.29 is 9.25 Å². The Hall–Kier alpha value is -3.03. The third-order valence-corrected chi connectivity index (χ3v) is 3.77. The summed E-state index contributed by atoms with van der Waals surface area (Å²) in [5, 5.41) is 16.4. The van der Waals surface area contributed by atoms with Crippen LogP contribution >= 0.6 is 0 Å². The Labute approximate surface area is 151 Å². The van der Waals surface area contributed by atoms with E-state index in [-0.39, 0.29) is 12.0 Å². The lowest BCUT2D eigenvalue weighted by molar-refractivity contribution is 0.108. The van der Waals surface area contributed by atoms with Crippen molar-refractivity contribution in [3.63, 3.8) is 0 Å². The lowest BCUT2D eigenvalue weighted by Gasteiger charge is -2.20. The highest BCUT2D eigenvalue weighted by molar-refractivity contribution is 5.88. The molecule has 2 heterocycles. The van der Waals surface area contributed by atoms with Gasteiger partial charge in [0.25, 0.3) is 5.89 Å². The molecule has 0 fully saturated rings. The molecule has 0 saturated carbocycles. The van der Waals surface area contributed by atoms with Crippen molar-refractivity contribution in [1.82, 2.24) is 25.0 Å². The number of benzene rings is 1. The Bertz CT molecular complexity index is 860. The van der Waals surface area contributed by atoms with Gasteiger partial charge in [0.1, 0.15) is 12.7 Å². The van der Waals surface area contributed by atoms with Crippen LogP contribution in [0.2, 0.25) is 0 Å². The van der Waals surface area contributed by atoms with E-state index in [1.165, 1.54) is 11.9 Å². The van der Waals surface area contributed by atoms with Crippen LogP contribution in [0.5, 0.6) is 0 Å². The van der Waals surface area contributed by atoms with Gasteiger partial charge in [0, 0.05) is 11.0 Å². The predicted molar refractivity (Wildman–Crippen MR) is 96.2 cm³/mol. The number of hydrogen-bond donors (Lipinski definition) is 0. The molecule has 0 unspecified atom stereocenters. The van der Waals surface area contributed by atoms with Crippen LogP contribution < -0.4 is 0 Å². The maximum Gasteiger partial charge on any atom is 0.257 e. The maximum atomic E-state index is 5.64. The van der Waals surface area contributed by atoms with E-state index in [0.717, 1.165) is 11.3 Å². The molecule has 2 aromatic heterocycles. The standard InChI is InChI=1S/C18H22N6O2/c1-13-5-7-14(8-6-13)17-22-21-16(26-17)10-25-23-15(18(2,3)4)9-24-12-19-11-20-24/h5-8,11-12H,9-10H2,1-4H3/b23-15+. The average Bonchev–Trinajstić information content (AvgIpc) is 3.25. The van der Waals surface area contributed by atoms with Gasteiger partial charge < -0.3 is 9.25 Å². The smallest absolute Gasteiger partial charge is 0.257 e. The number of oxime groups is 1. The summed E-state index contributed by atoms with van der Waals surface area (Å²) in [5.41, 5.74) is 2.71. The van der Waals surface area contributed by atoms with E-state index in [4.69, 9.17) is 9.25 Å². The first-order chi connectivity index (χ1) is 12.4. The SMILES string of the molecule is Cc1ccc(-c2nnc(CO/N=C(\Cn3cncn3)C(C)(C)C)o2)cc1. The summed E-state index contributed by atoms with van der Waals surface area (Å²) in [4.78, 5) is 9.40. The quantitative estimate of drug-likeness (QED) is 0.498. The molecule has 0 atom stereocenters. The molecule has 0 aliphatic rings. The van der Waals surface area contributed by atoms with Gasteiger partial charge in [0.05, 0.1) is 12.3 Å². The third kappa shape index (κ3) is 4.53. The lowest BCUT2D eigenvalue weighted by Crippen LogP contribution is -2.26. The van der Waals surface area contributed by atoms with E-state index in [0.29, 0.717) is 18.3 Å². The molecule has 0 saturated heterocycles. The van der Waals surface area contributed by atoms with Crippen molar-refractivity contribution >= 4 is 5.71 Å². The molecule has 3 aromatic rings. The molecule has 0 spiro atoms. The molecular formula is C18H22N6O2. The first kappa shape index (κ1) is 17.8. The van der Waals surface area contributed by atoms with E-state index in [1.807, 2.05) is 31.2 Å². The summed E-state index contributed by atoms with van der Waals surface area (Å²) in [6, 6.07) is 7.89. The van der Waals surface area contributed by atoms with Crippen molar-refractivity contribution in [3.05, 3.63) is 48.4 Å². The second-order valence-electron chi connectivity index (χ2n) is 7.02. The van der Waals surface area contributed by atoms with Crippen molar-refractivity contribution in [2.45, 2.75) is 40.8 Å². The monoisotopic (exact) mass is 354 g/mol. The third-order valence-electron chi connectivity index (χ3n) is 3.77. The second-order valence-corrected chi connectivity index (χ2v) is 7.02. The summed E-state index contributed by atoms with van der Waals surface area (Å²) in [6.07, 6.45) is 3.14. The number of rotatable bonds is 6. The van der Waals surface area contributed by atoms with Crippen molar-refractivity contribution in [2.24, 2.45) is 10.6 Å². The molecule has 8 heteroatoms. The molecule has 3 rings (SSSR count). The van der Waals surface area contributed by atoms with E-state index >= 15 is 0 Å². The van der Waals surface area contributed by atoms with Gasteiger partial charge in [-0.05, 0) is 19.1 Å². The van der Waals surface area contributed by atoms with Crippen LogP contribution in [-0.4, -0.2) is 30.7 Å². The highest BCUT2D eigenvalue weighted by Crippen LogP contribution is 2.20. The zero-order valence-corrected chi connectivity index (χ0v) is 15.4. The minimum Gasteiger partial charge on any atom is -0.417 e. The zero-order valence-electron chi connectivity index (χ0n) is 15.4.